The molecular weight excluding hydrogens is 710 g/mol. The average Bonchev–Trinajstić information content (AvgIpc) is 3.61. The number of hydrogen-bond acceptors (Lipinski definition) is 0. The summed E-state index contributed by atoms with van der Waals surface area (Å²) < 4.78 is 6.73. The van der Waals surface area contributed by atoms with Crippen LogP contribution in [0.25, 0.3) is 34.4 Å². The van der Waals surface area contributed by atoms with Gasteiger partial charge in [0, 0.05) is 0 Å². The van der Waals surface area contributed by atoms with Gasteiger partial charge < -0.3 is 0 Å². The van der Waals surface area contributed by atoms with E-state index in [2.05, 4.69) is 108 Å². The minimum atomic E-state index is -3.79. The van der Waals surface area contributed by atoms with Crippen molar-refractivity contribution >= 4 is 40.8 Å². The molecule has 0 fully saturated rings. The van der Waals surface area contributed by atoms with E-state index in [1.54, 1.807) is 11.1 Å². The molecule has 0 aliphatic heterocycles. The number of fused-ring (bicyclic) bond motifs is 2. The molecule has 0 N–H and O–H groups in total. The fraction of sp³-hybridized carbons (Fsp3) is 0.222. The van der Waals surface area contributed by atoms with E-state index in [4.69, 9.17) is 23.2 Å². The Balaban J connectivity index is 1.54. The average molecular weight is 746 g/mol. The first-order chi connectivity index (χ1) is 19.3. The van der Waals surface area contributed by atoms with Crippen LogP contribution in [0.3, 0.4) is 0 Å². The molecule has 6 rings (SSSR count). The summed E-state index contributed by atoms with van der Waals surface area (Å²) >= 11 is 8.69. The van der Waals surface area contributed by atoms with Gasteiger partial charge in [-0.05, 0) is 0 Å². The summed E-state index contributed by atoms with van der Waals surface area (Å²) in [5.41, 5.74) is 10.4. The van der Waals surface area contributed by atoms with E-state index in [0.717, 1.165) is 10.0 Å². The molecule has 0 aromatic heterocycles. The van der Waals surface area contributed by atoms with Crippen LogP contribution in [0.1, 0.15) is 43.5 Å². The molecule has 2 aliphatic carbocycles. The van der Waals surface area contributed by atoms with Crippen LogP contribution >= 0.6 is 23.2 Å². The normalized spacial score (nSPS) is 17.7. The maximum absolute atomic E-state index is 6.24. The molecule has 0 bridgehead atoms. The number of hydrogen-bond donors (Lipinski definition) is 0. The van der Waals surface area contributed by atoms with Gasteiger partial charge in [-0.15, -0.1) is 0 Å². The standard InChI is InChI=1S/2C15H10Cl.C4H10Si.2CH3.Hf/c2*16-13-9-7-12(8-10-13)15-6-2-4-11-3-1-5-14(11)15;1-3-5-4-2;;;/h2*1-10H;3-4H2,1-2H3;2*1H3;. The first-order valence-electron chi connectivity index (χ1n) is 14.4. The van der Waals surface area contributed by atoms with Crippen molar-refractivity contribution in [3.05, 3.63) is 129 Å². The molecule has 2 unspecified atom stereocenters. The molecule has 4 aromatic rings. The van der Waals surface area contributed by atoms with Gasteiger partial charge in [0.25, 0.3) is 0 Å². The molecule has 40 heavy (non-hydrogen) atoms. The first-order valence-corrected chi connectivity index (χ1v) is 33.8. The number of allylic oxidation sites excluding steroid dienone is 2. The van der Waals surface area contributed by atoms with E-state index in [1.807, 2.05) is 24.3 Å². The Morgan fingerprint density at radius 2 is 1.00 bits per heavy atom. The van der Waals surface area contributed by atoms with E-state index < -0.39 is 22.6 Å². The molecule has 2 aliphatic rings. The van der Waals surface area contributed by atoms with Crippen molar-refractivity contribution < 1.29 is 17.1 Å². The first kappa shape index (κ1) is 28.2. The van der Waals surface area contributed by atoms with Crippen LogP contribution in [0.5, 0.6) is 0 Å². The van der Waals surface area contributed by atoms with Crippen molar-refractivity contribution in [1.29, 1.82) is 0 Å². The van der Waals surface area contributed by atoms with Gasteiger partial charge in [-0.1, -0.05) is 0 Å². The van der Waals surface area contributed by atoms with Crippen LogP contribution in [-0.4, -0.2) is 5.49 Å². The zero-order valence-corrected chi connectivity index (χ0v) is 29.8. The fourth-order valence-corrected chi connectivity index (χ4v) is 64.5. The molecule has 0 saturated carbocycles. The van der Waals surface area contributed by atoms with Gasteiger partial charge in [0.15, 0.2) is 0 Å². The molecular formula is C36H36Cl2HfSi. The Kier molecular flexibility index (Phi) is 7.53. The van der Waals surface area contributed by atoms with Crippen molar-refractivity contribution in [2.75, 3.05) is 0 Å². The van der Waals surface area contributed by atoms with Crippen LogP contribution < -0.4 is 0 Å². The van der Waals surface area contributed by atoms with Crippen molar-refractivity contribution in [2.45, 2.75) is 42.6 Å². The van der Waals surface area contributed by atoms with E-state index >= 15 is 0 Å². The van der Waals surface area contributed by atoms with Crippen LogP contribution in [0, 0.1) is 0 Å². The Hall–Kier alpha value is -1.97. The SMILES string of the molecule is CC[Si](CC)=[Hf]([CH3])([CH3])([CH]1C=Cc2c(-c3ccc(Cl)cc3)cccc21)[CH]1C=Cc2c(-c3ccc(Cl)cc3)cccc21. The molecule has 4 aromatic carbocycles. The number of benzene rings is 4. The van der Waals surface area contributed by atoms with Crippen molar-refractivity contribution in [2.24, 2.45) is 0 Å². The third-order valence-corrected chi connectivity index (χ3v) is 68.6. The third-order valence-electron chi connectivity index (χ3n) is 10.1. The molecule has 0 spiro atoms. The summed E-state index contributed by atoms with van der Waals surface area (Å²) in [6, 6.07) is 33.3. The van der Waals surface area contributed by atoms with Gasteiger partial charge in [-0.25, -0.2) is 0 Å². The summed E-state index contributed by atoms with van der Waals surface area (Å²) in [7, 11) is 0. The molecule has 202 valence electrons. The monoisotopic (exact) mass is 746 g/mol. The molecule has 0 radical (unpaired) electrons. The Morgan fingerprint density at radius 1 is 0.600 bits per heavy atom. The van der Waals surface area contributed by atoms with Gasteiger partial charge >= 0.3 is 252 Å². The summed E-state index contributed by atoms with van der Waals surface area (Å²) in [5, 5.41) is 1.56. The van der Waals surface area contributed by atoms with Gasteiger partial charge in [0.05, 0.1) is 0 Å². The number of rotatable bonds is 6. The predicted octanol–water partition coefficient (Wildman–Crippen LogP) is 12.0. The predicted molar refractivity (Wildman–Crippen MR) is 176 cm³/mol. The van der Waals surface area contributed by atoms with Gasteiger partial charge in [0.1, 0.15) is 0 Å². The minimum absolute atomic E-state index is 0.535. The Morgan fingerprint density at radius 3 is 1.38 bits per heavy atom. The second-order valence-corrected chi connectivity index (χ2v) is 59.5. The molecule has 0 saturated heterocycles. The zero-order valence-electron chi connectivity index (χ0n) is 23.7. The Labute approximate surface area is 250 Å². The van der Waals surface area contributed by atoms with Crippen molar-refractivity contribution in [1.82, 2.24) is 0 Å². The maximum atomic E-state index is 6.24. The molecule has 0 amide bonds. The van der Waals surface area contributed by atoms with Gasteiger partial charge in [-0.3, -0.25) is 0 Å². The second-order valence-electron chi connectivity index (χ2n) is 12.2. The summed E-state index contributed by atoms with van der Waals surface area (Å²) in [6.07, 6.45) is 10.1. The quantitative estimate of drug-likeness (QED) is 0.172. The molecule has 0 nitrogen and oxygen atoms in total. The van der Waals surface area contributed by atoms with E-state index in [9.17, 15) is 0 Å². The topological polar surface area (TPSA) is 0 Å². The second kappa shape index (κ2) is 10.7. The van der Waals surface area contributed by atoms with Crippen LogP contribution in [0.4, 0.5) is 0 Å². The van der Waals surface area contributed by atoms with Crippen LogP contribution in [-0.2, 0) is 17.1 Å². The van der Waals surface area contributed by atoms with Gasteiger partial charge in [-0.2, -0.15) is 0 Å². The van der Waals surface area contributed by atoms with Crippen molar-refractivity contribution in [3.8, 4) is 22.3 Å². The van der Waals surface area contributed by atoms with Crippen LogP contribution in [0.15, 0.2) is 97.1 Å². The summed E-state index contributed by atoms with van der Waals surface area (Å²) in [4.78, 5) is 0. The van der Waals surface area contributed by atoms with Gasteiger partial charge in [0.2, 0.25) is 0 Å². The van der Waals surface area contributed by atoms with E-state index in [0.29, 0.717) is 7.35 Å². The van der Waals surface area contributed by atoms with Crippen molar-refractivity contribution in [3.63, 3.8) is 0 Å². The third kappa shape index (κ3) is 4.42. The zero-order chi connectivity index (χ0) is 28.1. The summed E-state index contributed by atoms with van der Waals surface area (Å²) in [6.45, 7) is 4.93. The summed E-state index contributed by atoms with van der Waals surface area (Å²) in [5.74, 6) is 0. The number of halogens is 2. The van der Waals surface area contributed by atoms with E-state index in [-0.39, 0.29) is 0 Å². The Bertz CT molecular complexity index is 1610. The molecule has 2 atom stereocenters. The fourth-order valence-electron chi connectivity index (χ4n) is 7.98. The molecule has 4 heteroatoms. The molecule has 0 heterocycles. The van der Waals surface area contributed by atoms with E-state index in [1.165, 1.54) is 45.5 Å². The van der Waals surface area contributed by atoms with Crippen LogP contribution in [0.2, 0.25) is 31.5 Å².